The fourth-order valence-electron chi connectivity index (χ4n) is 1.49. The first-order chi connectivity index (χ1) is 7.53. The molecule has 2 rings (SSSR count). The molecule has 0 unspecified atom stereocenters. The molecule has 1 N–H and O–H groups in total. The lowest BCUT2D eigenvalue weighted by atomic mass is 10.0. The molecule has 0 aliphatic carbocycles. The fraction of sp³-hybridized carbons (Fsp3) is 0.0909. The fourth-order valence-corrected chi connectivity index (χ4v) is 1.49. The van der Waals surface area contributed by atoms with Crippen LogP contribution in [-0.4, -0.2) is 16.1 Å². The summed E-state index contributed by atoms with van der Waals surface area (Å²) in [6.07, 6.45) is 1.46. The number of aromatic nitrogens is 1. The Balaban J connectivity index is 2.74. The number of alkyl halides is 2. The highest BCUT2D eigenvalue weighted by atomic mass is 19.3. The Morgan fingerprint density at radius 3 is 2.69 bits per heavy atom. The van der Waals surface area contributed by atoms with Gasteiger partial charge in [-0.05, 0) is 12.1 Å². The second-order valence-electron chi connectivity index (χ2n) is 3.26. The Morgan fingerprint density at radius 1 is 1.25 bits per heavy atom. The number of nitrogens with zero attached hydrogens (tertiary/aromatic N) is 1. The maximum absolute atomic E-state index is 13.4. The summed E-state index contributed by atoms with van der Waals surface area (Å²) < 4.78 is 26.8. The van der Waals surface area contributed by atoms with E-state index >= 15 is 0 Å². The van der Waals surface area contributed by atoms with Crippen LogP contribution in [0.3, 0.4) is 0 Å². The second-order valence-corrected chi connectivity index (χ2v) is 3.26. The molecule has 82 valence electrons. The molecule has 0 saturated heterocycles. The SMILES string of the molecule is O=C(O)C(F)(F)c1cccc2ncccc12. The van der Waals surface area contributed by atoms with Gasteiger partial charge < -0.3 is 5.11 Å². The predicted octanol–water partition coefficient (Wildman–Crippen LogP) is 2.41. The number of hydrogen-bond donors (Lipinski definition) is 1. The molecule has 16 heavy (non-hydrogen) atoms. The quantitative estimate of drug-likeness (QED) is 0.850. The van der Waals surface area contributed by atoms with Crippen LogP contribution in [0.5, 0.6) is 0 Å². The van der Waals surface area contributed by atoms with Gasteiger partial charge in [-0.2, -0.15) is 8.78 Å². The molecule has 0 amide bonds. The summed E-state index contributed by atoms with van der Waals surface area (Å²) in [4.78, 5) is 14.4. The highest BCUT2D eigenvalue weighted by Gasteiger charge is 2.42. The van der Waals surface area contributed by atoms with Crippen LogP contribution < -0.4 is 0 Å². The molecule has 0 fully saturated rings. The van der Waals surface area contributed by atoms with Crippen molar-refractivity contribution in [3.05, 3.63) is 42.1 Å². The zero-order chi connectivity index (χ0) is 11.8. The van der Waals surface area contributed by atoms with E-state index in [4.69, 9.17) is 5.11 Å². The topological polar surface area (TPSA) is 50.2 Å². The summed E-state index contributed by atoms with van der Waals surface area (Å²) in [5.74, 6) is -6.06. The highest BCUT2D eigenvalue weighted by molar-refractivity contribution is 5.89. The molecule has 5 heteroatoms. The van der Waals surface area contributed by atoms with Gasteiger partial charge in [-0.1, -0.05) is 18.2 Å². The molecule has 1 aromatic heterocycles. The number of carboxylic acids is 1. The van der Waals surface area contributed by atoms with Crippen molar-refractivity contribution in [3.63, 3.8) is 0 Å². The average Bonchev–Trinajstić information content (AvgIpc) is 2.28. The molecule has 3 nitrogen and oxygen atoms in total. The number of hydrogen-bond acceptors (Lipinski definition) is 2. The largest absolute Gasteiger partial charge is 0.477 e. The number of carboxylic acid groups (broad SMARTS) is 1. The van der Waals surface area contributed by atoms with E-state index < -0.39 is 17.5 Å². The maximum atomic E-state index is 13.4. The van der Waals surface area contributed by atoms with Gasteiger partial charge in [0.25, 0.3) is 0 Å². The Bertz CT molecular complexity index is 549. The normalized spacial score (nSPS) is 11.6. The number of fused-ring (bicyclic) bond motifs is 1. The molecule has 0 atom stereocenters. The molecular weight excluding hydrogens is 216 g/mol. The smallest absolute Gasteiger partial charge is 0.379 e. The molecule has 0 radical (unpaired) electrons. The van der Waals surface area contributed by atoms with Gasteiger partial charge in [0.15, 0.2) is 0 Å². The first-order valence-corrected chi connectivity index (χ1v) is 4.49. The third-order valence-electron chi connectivity index (χ3n) is 2.25. The lowest BCUT2D eigenvalue weighted by Gasteiger charge is -2.13. The van der Waals surface area contributed by atoms with Gasteiger partial charge in [0.05, 0.1) is 5.52 Å². The third-order valence-corrected chi connectivity index (χ3v) is 2.25. The summed E-state index contributed by atoms with van der Waals surface area (Å²) in [6, 6.07) is 6.93. The van der Waals surface area contributed by atoms with Crippen LogP contribution in [-0.2, 0) is 10.7 Å². The van der Waals surface area contributed by atoms with Crippen molar-refractivity contribution < 1.29 is 18.7 Å². The zero-order valence-electron chi connectivity index (χ0n) is 8.02. The summed E-state index contributed by atoms with van der Waals surface area (Å²) in [5.41, 5.74) is -0.188. The van der Waals surface area contributed by atoms with Crippen molar-refractivity contribution >= 4 is 16.9 Å². The van der Waals surface area contributed by atoms with Gasteiger partial charge in [0, 0.05) is 17.1 Å². The van der Waals surface area contributed by atoms with Crippen molar-refractivity contribution in [1.29, 1.82) is 0 Å². The molecule has 2 aromatic rings. The minimum Gasteiger partial charge on any atom is -0.477 e. The molecule has 0 bridgehead atoms. The van der Waals surface area contributed by atoms with Crippen LogP contribution in [0.15, 0.2) is 36.5 Å². The van der Waals surface area contributed by atoms with Crippen LogP contribution in [0, 0.1) is 0 Å². The van der Waals surface area contributed by atoms with E-state index in [0.717, 1.165) is 6.07 Å². The van der Waals surface area contributed by atoms with Crippen LogP contribution >= 0.6 is 0 Å². The number of benzene rings is 1. The molecule has 0 saturated carbocycles. The average molecular weight is 223 g/mol. The second kappa shape index (κ2) is 3.52. The number of halogens is 2. The number of aliphatic carboxylic acids is 1. The van der Waals surface area contributed by atoms with Gasteiger partial charge in [0.1, 0.15) is 0 Å². The lowest BCUT2D eigenvalue weighted by molar-refractivity contribution is -0.166. The third kappa shape index (κ3) is 1.50. The molecule has 1 heterocycles. The predicted molar refractivity (Wildman–Crippen MR) is 53.3 cm³/mol. The van der Waals surface area contributed by atoms with Gasteiger partial charge in [-0.3, -0.25) is 4.98 Å². The first-order valence-electron chi connectivity index (χ1n) is 4.49. The van der Waals surface area contributed by atoms with Gasteiger partial charge >= 0.3 is 11.9 Å². The molecule has 0 aliphatic rings. The van der Waals surface area contributed by atoms with E-state index in [0.29, 0.717) is 5.52 Å². The highest BCUT2D eigenvalue weighted by Crippen LogP contribution is 2.33. The van der Waals surface area contributed by atoms with E-state index in [1.54, 1.807) is 6.07 Å². The minimum atomic E-state index is -3.90. The van der Waals surface area contributed by atoms with E-state index in [2.05, 4.69) is 4.98 Å². The van der Waals surface area contributed by atoms with Crippen LogP contribution in [0.1, 0.15) is 5.56 Å². The van der Waals surface area contributed by atoms with Crippen molar-refractivity contribution in [2.75, 3.05) is 0 Å². The molecular formula is C11H7F2NO2. The van der Waals surface area contributed by atoms with E-state index in [-0.39, 0.29) is 5.39 Å². The Labute approximate surface area is 89.3 Å². The monoisotopic (exact) mass is 223 g/mol. The maximum Gasteiger partial charge on any atom is 0.379 e. The summed E-state index contributed by atoms with van der Waals surface area (Å²) in [6.45, 7) is 0. The summed E-state index contributed by atoms with van der Waals surface area (Å²) >= 11 is 0. The Morgan fingerprint density at radius 2 is 2.00 bits per heavy atom. The molecule has 0 spiro atoms. The van der Waals surface area contributed by atoms with Crippen molar-refractivity contribution in [3.8, 4) is 0 Å². The van der Waals surface area contributed by atoms with E-state index in [9.17, 15) is 13.6 Å². The molecule has 0 aliphatic heterocycles. The van der Waals surface area contributed by atoms with Gasteiger partial charge in [0.2, 0.25) is 0 Å². The van der Waals surface area contributed by atoms with E-state index in [1.807, 2.05) is 0 Å². The van der Waals surface area contributed by atoms with Crippen molar-refractivity contribution in [2.24, 2.45) is 0 Å². The van der Waals surface area contributed by atoms with E-state index in [1.165, 1.54) is 24.4 Å². The number of pyridine rings is 1. The Kier molecular flexibility index (Phi) is 2.30. The van der Waals surface area contributed by atoms with Crippen LogP contribution in [0.25, 0.3) is 10.9 Å². The summed E-state index contributed by atoms with van der Waals surface area (Å²) in [7, 11) is 0. The lowest BCUT2D eigenvalue weighted by Crippen LogP contribution is -2.25. The molecule has 1 aromatic carbocycles. The Hall–Kier alpha value is -2.04. The first kappa shape index (κ1) is 10.5. The van der Waals surface area contributed by atoms with Crippen LogP contribution in [0.2, 0.25) is 0 Å². The standard InChI is InChI=1S/C11H7F2NO2/c12-11(13,10(15)16)8-4-1-5-9-7(8)3-2-6-14-9/h1-6H,(H,15,16). The van der Waals surface area contributed by atoms with Gasteiger partial charge in [-0.25, -0.2) is 4.79 Å². The number of rotatable bonds is 2. The van der Waals surface area contributed by atoms with Gasteiger partial charge in [-0.15, -0.1) is 0 Å². The zero-order valence-corrected chi connectivity index (χ0v) is 8.02. The van der Waals surface area contributed by atoms with Crippen molar-refractivity contribution in [1.82, 2.24) is 4.98 Å². The minimum absolute atomic E-state index is 0.150. The summed E-state index contributed by atoms with van der Waals surface area (Å²) in [5, 5.41) is 8.63. The van der Waals surface area contributed by atoms with Crippen molar-refractivity contribution in [2.45, 2.75) is 5.92 Å². The van der Waals surface area contributed by atoms with Crippen LogP contribution in [0.4, 0.5) is 8.78 Å². The number of carbonyl (C=O) groups is 1.